The number of hydrogen-bond donors (Lipinski definition) is 5. The van der Waals surface area contributed by atoms with Crippen molar-refractivity contribution in [1.29, 1.82) is 5.26 Å². The van der Waals surface area contributed by atoms with Gasteiger partial charge in [0.25, 0.3) is 0 Å². The summed E-state index contributed by atoms with van der Waals surface area (Å²) in [6.07, 6.45) is 1.55. The van der Waals surface area contributed by atoms with Crippen LogP contribution in [0.1, 0.15) is 31.2 Å². The lowest BCUT2D eigenvalue weighted by molar-refractivity contribution is 0.0336. The molecule has 6 N–H and O–H groups in total. The van der Waals surface area contributed by atoms with Crippen molar-refractivity contribution in [2.75, 3.05) is 0 Å². The fourth-order valence-electron chi connectivity index (χ4n) is 3.48. The third-order valence-electron chi connectivity index (χ3n) is 4.52. The molecule has 1 aromatic carbocycles. The second kappa shape index (κ2) is 5.99. The minimum Gasteiger partial charge on any atom is -0.504 e. The van der Waals surface area contributed by atoms with E-state index in [4.69, 9.17) is 10.5 Å². The van der Waals surface area contributed by atoms with Crippen LogP contribution in [0.4, 0.5) is 0 Å². The van der Waals surface area contributed by atoms with Gasteiger partial charge in [-0.15, -0.1) is 0 Å². The Hall–Kier alpha value is -2.43. The van der Waals surface area contributed by atoms with Crippen LogP contribution in [-0.2, 0) is 4.74 Å². The van der Waals surface area contributed by atoms with Crippen LogP contribution in [0.25, 0.3) is 0 Å². The summed E-state index contributed by atoms with van der Waals surface area (Å²) in [5.74, 6) is -0.670. The predicted molar refractivity (Wildman–Crippen MR) is 82.7 cm³/mol. The van der Waals surface area contributed by atoms with Gasteiger partial charge in [0.2, 0.25) is 5.88 Å². The number of aromatic hydroxyl groups is 2. The van der Waals surface area contributed by atoms with Crippen molar-refractivity contribution >= 4 is 0 Å². The topological polar surface area (TPSA) is 124 Å². The standard InChI is InChI=1S/C16H20N4O3/c1-2-3-10-14-13(8-4-5-11(21)12(22)6-8)9(7-17)15(18)23-16(14)20-19-10/h4-6,10,13-14,16,19-22H,2-3,18H2,1H3. The van der Waals surface area contributed by atoms with Gasteiger partial charge >= 0.3 is 0 Å². The Bertz CT molecular complexity index is 682. The molecular formula is C16H20N4O3. The zero-order chi connectivity index (χ0) is 16.6. The zero-order valence-electron chi connectivity index (χ0n) is 12.8. The summed E-state index contributed by atoms with van der Waals surface area (Å²) in [5, 5.41) is 28.9. The molecule has 2 heterocycles. The molecule has 4 unspecified atom stereocenters. The molecule has 23 heavy (non-hydrogen) atoms. The molecule has 0 aromatic heterocycles. The molecule has 7 heteroatoms. The number of rotatable bonds is 3. The Morgan fingerprint density at radius 2 is 2.09 bits per heavy atom. The minimum absolute atomic E-state index is 0.0409. The molecule has 0 bridgehead atoms. The number of nitriles is 1. The largest absolute Gasteiger partial charge is 0.504 e. The minimum atomic E-state index is -0.343. The number of hydrazine groups is 1. The predicted octanol–water partition coefficient (Wildman–Crippen LogP) is 1.12. The molecule has 1 saturated heterocycles. The summed E-state index contributed by atoms with van der Waals surface area (Å²) < 4.78 is 5.65. The number of nitrogens with one attached hydrogen (secondary N) is 2. The van der Waals surface area contributed by atoms with Gasteiger partial charge in [0.05, 0.1) is 5.57 Å². The van der Waals surface area contributed by atoms with E-state index in [9.17, 15) is 15.5 Å². The first kappa shape index (κ1) is 15.5. The Morgan fingerprint density at radius 1 is 1.30 bits per heavy atom. The number of nitrogens with zero attached hydrogens (tertiary/aromatic N) is 1. The van der Waals surface area contributed by atoms with E-state index in [0.717, 1.165) is 18.4 Å². The van der Waals surface area contributed by atoms with Gasteiger partial charge in [-0.1, -0.05) is 19.4 Å². The lowest BCUT2D eigenvalue weighted by atomic mass is 9.74. The van der Waals surface area contributed by atoms with Gasteiger partial charge in [-0.3, -0.25) is 5.43 Å². The van der Waals surface area contributed by atoms with E-state index >= 15 is 0 Å². The van der Waals surface area contributed by atoms with Crippen LogP contribution in [-0.4, -0.2) is 22.5 Å². The average molecular weight is 316 g/mol. The smallest absolute Gasteiger partial charge is 0.200 e. The van der Waals surface area contributed by atoms with Gasteiger partial charge < -0.3 is 20.7 Å². The van der Waals surface area contributed by atoms with E-state index in [-0.39, 0.29) is 41.5 Å². The van der Waals surface area contributed by atoms with Crippen molar-refractivity contribution in [3.8, 4) is 17.6 Å². The molecule has 0 saturated carbocycles. The summed E-state index contributed by atoms with van der Waals surface area (Å²) in [4.78, 5) is 0. The molecule has 0 radical (unpaired) electrons. The van der Waals surface area contributed by atoms with Gasteiger partial charge in [0.15, 0.2) is 17.7 Å². The van der Waals surface area contributed by atoms with Crippen molar-refractivity contribution in [3.05, 3.63) is 35.2 Å². The normalized spacial score (nSPS) is 29.7. The summed E-state index contributed by atoms with van der Waals surface area (Å²) in [6, 6.07) is 6.86. The van der Waals surface area contributed by atoms with Crippen LogP contribution in [0.3, 0.4) is 0 Å². The second-order valence-corrected chi connectivity index (χ2v) is 5.92. The van der Waals surface area contributed by atoms with E-state index in [1.54, 1.807) is 6.07 Å². The average Bonchev–Trinajstić information content (AvgIpc) is 2.91. The van der Waals surface area contributed by atoms with Crippen LogP contribution in [0.5, 0.6) is 11.5 Å². The molecule has 1 aromatic rings. The number of fused-ring (bicyclic) bond motifs is 1. The highest BCUT2D eigenvalue weighted by molar-refractivity contribution is 5.47. The number of phenols is 2. The third-order valence-corrected chi connectivity index (χ3v) is 4.52. The number of phenolic OH excluding ortho intramolecular Hbond substituents is 2. The van der Waals surface area contributed by atoms with E-state index in [1.807, 2.05) is 0 Å². The highest BCUT2D eigenvalue weighted by Gasteiger charge is 2.48. The molecule has 0 aliphatic carbocycles. The Morgan fingerprint density at radius 3 is 2.74 bits per heavy atom. The maximum absolute atomic E-state index is 9.82. The van der Waals surface area contributed by atoms with Crippen LogP contribution < -0.4 is 16.6 Å². The van der Waals surface area contributed by atoms with Crippen molar-refractivity contribution in [2.45, 2.75) is 38.0 Å². The van der Waals surface area contributed by atoms with E-state index < -0.39 is 0 Å². The lowest BCUT2D eigenvalue weighted by Gasteiger charge is -2.35. The number of ether oxygens (including phenoxy) is 1. The van der Waals surface area contributed by atoms with Crippen LogP contribution in [0, 0.1) is 17.2 Å². The number of allylic oxidation sites excluding steroid dienone is 1. The number of nitrogens with two attached hydrogens (primary N) is 1. The highest BCUT2D eigenvalue weighted by atomic mass is 16.5. The fraction of sp³-hybridized carbons (Fsp3) is 0.438. The Balaban J connectivity index is 2.08. The Kier molecular flexibility index (Phi) is 4.03. The van der Waals surface area contributed by atoms with Crippen LogP contribution >= 0.6 is 0 Å². The fourth-order valence-corrected chi connectivity index (χ4v) is 3.48. The lowest BCUT2D eigenvalue weighted by Crippen LogP contribution is -2.41. The SMILES string of the molecule is CCCC1NNC2OC(N)=C(C#N)C(c3ccc(O)c(O)c3)C12. The van der Waals surface area contributed by atoms with Gasteiger partial charge in [-0.2, -0.15) is 5.26 Å². The molecule has 0 amide bonds. The highest BCUT2D eigenvalue weighted by Crippen LogP contribution is 2.45. The van der Waals surface area contributed by atoms with Crippen molar-refractivity contribution in [2.24, 2.45) is 11.7 Å². The molecule has 2 aliphatic rings. The first-order valence-corrected chi connectivity index (χ1v) is 7.66. The summed E-state index contributed by atoms with van der Waals surface area (Å²) >= 11 is 0. The van der Waals surface area contributed by atoms with Crippen molar-refractivity contribution < 1.29 is 14.9 Å². The monoisotopic (exact) mass is 316 g/mol. The third kappa shape index (κ3) is 2.56. The Labute approximate surface area is 134 Å². The molecule has 122 valence electrons. The molecule has 0 spiro atoms. The first-order valence-electron chi connectivity index (χ1n) is 7.66. The van der Waals surface area contributed by atoms with E-state index in [1.165, 1.54) is 12.1 Å². The maximum atomic E-state index is 9.82. The number of benzene rings is 1. The van der Waals surface area contributed by atoms with E-state index in [2.05, 4.69) is 23.8 Å². The molecule has 3 rings (SSSR count). The second-order valence-electron chi connectivity index (χ2n) is 5.92. The summed E-state index contributed by atoms with van der Waals surface area (Å²) in [6.45, 7) is 2.09. The quantitative estimate of drug-likeness (QED) is 0.529. The molecular weight excluding hydrogens is 296 g/mol. The summed E-state index contributed by atoms with van der Waals surface area (Å²) in [5.41, 5.74) is 13.3. The zero-order valence-corrected chi connectivity index (χ0v) is 12.8. The molecule has 1 fully saturated rings. The van der Waals surface area contributed by atoms with Gasteiger partial charge in [-0.25, -0.2) is 5.43 Å². The van der Waals surface area contributed by atoms with Gasteiger partial charge in [0, 0.05) is 17.9 Å². The first-order chi connectivity index (χ1) is 11.1. The molecule has 4 atom stereocenters. The molecule has 7 nitrogen and oxygen atoms in total. The van der Waals surface area contributed by atoms with Crippen LogP contribution in [0.15, 0.2) is 29.7 Å². The van der Waals surface area contributed by atoms with Crippen LogP contribution in [0.2, 0.25) is 0 Å². The van der Waals surface area contributed by atoms with E-state index in [0.29, 0.717) is 5.57 Å². The number of hydrogen-bond acceptors (Lipinski definition) is 7. The van der Waals surface area contributed by atoms with Gasteiger partial charge in [-0.05, 0) is 24.1 Å². The van der Waals surface area contributed by atoms with Crippen molar-refractivity contribution in [3.63, 3.8) is 0 Å². The van der Waals surface area contributed by atoms with Gasteiger partial charge in [0.1, 0.15) is 6.07 Å². The van der Waals surface area contributed by atoms with Crippen molar-refractivity contribution in [1.82, 2.24) is 10.9 Å². The maximum Gasteiger partial charge on any atom is 0.200 e. The molecule has 2 aliphatic heterocycles. The summed E-state index contributed by atoms with van der Waals surface area (Å²) in [7, 11) is 0.